The molecule has 0 radical (unpaired) electrons. The van der Waals surface area contributed by atoms with Crippen LogP contribution in [0.1, 0.15) is 31.7 Å². The third kappa shape index (κ3) is 4.43. The maximum Gasteiger partial charge on any atom is 0.133 e. The van der Waals surface area contributed by atoms with E-state index in [0.29, 0.717) is 6.04 Å². The molecular formula is C15H24BrN3O. The number of nitrogens with one attached hydrogen (secondary N) is 1. The molecule has 4 nitrogen and oxygen atoms in total. The number of ether oxygens (including phenoxy) is 1. The Balaban J connectivity index is 2.14. The Morgan fingerprint density at radius 2 is 2.30 bits per heavy atom. The molecule has 2 rings (SSSR count). The van der Waals surface area contributed by atoms with Gasteiger partial charge in [0.15, 0.2) is 0 Å². The highest BCUT2D eigenvalue weighted by Crippen LogP contribution is 2.33. The lowest BCUT2D eigenvalue weighted by atomic mass is 10.2. The van der Waals surface area contributed by atoms with Gasteiger partial charge in [-0.05, 0) is 47.8 Å². The number of hydrogen-bond donors (Lipinski definition) is 1. The van der Waals surface area contributed by atoms with E-state index in [4.69, 9.17) is 4.74 Å². The van der Waals surface area contributed by atoms with Crippen molar-refractivity contribution >= 4 is 21.7 Å². The largest absolute Gasteiger partial charge is 0.383 e. The molecule has 0 atom stereocenters. The molecule has 1 N–H and O–H groups in total. The molecule has 0 spiro atoms. The third-order valence-corrected chi connectivity index (χ3v) is 3.88. The first-order chi connectivity index (χ1) is 9.76. The zero-order chi connectivity index (χ0) is 14.4. The predicted octanol–water partition coefficient (Wildman–Crippen LogP) is 2.96. The number of hydrogen-bond acceptors (Lipinski definition) is 4. The van der Waals surface area contributed by atoms with Gasteiger partial charge in [0.25, 0.3) is 0 Å². The SMILES string of the molecule is CCCNCc1cc(Br)cnc1N(CCOC)C1CC1. The minimum Gasteiger partial charge on any atom is -0.383 e. The lowest BCUT2D eigenvalue weighted by molar-refractivity contribution is 0.204. The van der Waals surface area contributed by atoms with Gasteiger partial charge >= 0.3 is 0 Å². The van der Waals surface area contributed by atoms with Gasteiger partial charge in [0.1, 0.15) is 5.82 Å². The zero-order valence-corrected chi connectivity index (χ0v) is 13.9. The first-order valence-electron chi connectivity index (χ1n) is 7.37. The average Bonchev–Trinajstić information content (AvgIpc) is 3.26. The summed E-state index contributed by atoms with van der Waals surface area (Å²) < 4.78 is 6.28. The monoisotopic (exact) mass is 341 g/mol. The summed E-state index contributed by atoms with van der Waals surface area (Å²) in [5.41, 5.74) is 1.26. The van der Waals surface area contributed by atoms with Gasteiger partial charge in [0.2, 0.25) is 0 Å². The van der Waals surface area contributed by atoms with Crippen LogP contribution in [0.2, 0.25) is 0 Å². The first-order valence-corrected chi connectivity index (χ1v) is 8.16. The van der Waals surface area contributed by atoms with Gasteiger partial charge in [-0.25, -0.2) is 4.98 Å². The van der Waals surface area contributed by atoms with Crippen molar-refractivity contribution in [2.75, 3.05) is 31.7 Å². The topological polar surface area (TPSA) is 37.4 Å². The van der Waals surface area contributed by atoms with Gasteiger partial charge in [-0.1, -0.05) is 6.92 Å². The minimum absolute atomic E-state index is 0.642. The van der Waals surface area contributed by atoms with Crippen LogP contribution in [-0.2, 0) is 11.3 Å². The fraction of sp³-hybridized carbons (Fsp3) is 0.667. The van der Waals surface area contributed by atoms with Crippen molar-refractivity contribution in [1.82, 2.24) is 10.3 Å². The van der Waals surface area contributed by atoms with Crippen LogP contribution < -0.4 is 10.2 Å². The van der Waals surface area contributed by atoms with Gasteiger partial charge in [-0.3, -0.25) is 0 Å². The molecule has 1 heterocycles. The van der Waals surface area contributed by atoms with Crippen LogP contribution in [0.4, 0.5) is 5.82 Å². The lowest BCUT2D eigenvalue weighted by Gasteiger charge is -2.26. The standard InChI is InChI=1S/C15H24BrN3O/c1-3-6-17-10-12-9-13(16)11-18-15(12)19(7-8-20-2)14-4-5-14/h9,11,14,17H,3-8,10H2,1-2H3. The highest BCUT2D eigenvalue weighted by Gasteiger charge is 2.30. The average molecular weight is 342 g/mol. The Labute approximate surface area is 130 Å². The minimum atomic E-state index is 0.642. The van der Waals surface area contributed by atoms with Crippen molar-refractivity contribution in [3.63, 3.8) is 0 Å². The Bertz CT molecular complexity index is 424. The van der Waals surface area contributed by atoms with Crippen LogP contribution in [0, 0.1) is 0 Å². The number of halogens is 1. The third-order valence-electron chi connectivity index (χ3n) is 3.45. The molecular weight excluding hydrogens is 318 g/mol. The molecule has 0 unspecified atom stereocenters. The number of pyridine rings is 1. The summed E-state index contributed by atoms with van der Waals surface area (Å²) in [6.07, 6.45) is 5.57. The van der Waals surface area contributed by atoms with Gasteiger partial charge in [0.05, 0.1) is 6.61 Å². The molecule has 0 aromatic carbocycles. The summed E-state index contributed by atoms with van der Waals surface area (Å²) in [4.78, 5) is 7.06. The van der Waals surface area contributed by atoms with E-state index in [0.717, 1.165) is 43.0 Å². The van der Waals surface area contributed by atoms with Gasteiger partial charge < -0.3 is 15.0 Å². The number of aromatic nitrogens is 1. The molecule has 5 heteroatoms. The fourth-order valence-corrected chi connectivity index (χ4v) is 2.68. The molecule has 0 bridgehead atoms. The highest BCUT2D eigenvalue weighted by molar-refractivity contribution is 9.10. The van der Waals surface area contributed by atoms with Crippen LogP contribution >= 0.6 is 15.9 Å². The van der Waals surface area contributed by atoms with Crippen molar-refractivity contribution in [2.45, 2.75) is 38.8 Å². The van der Waals surface area contributed by atoms with E-state index in [2.05, 4.69) is 44.1 Å². The fourth-order valence-electron chi connectivity index (χ4n) is 2.30. The maximum absolute atomic E-state index is 5.24. The Hall–Kier alpha value is -0.650. The van der Waals surface area contributed by atoms with Crippen LogP contribution in [0.25, 0.3) is 0 Å². The lowest BCUT2D eigenvalue weighted by Crippen LogP contribution is -2.32. The Morgan fingerprint density at radius 1 is 1.50 bits per heavy atom. The molecule has 0 amide bonds. The van der Waals surface area contributed by atoms with E-state index >= 15 is 0 Å². The van der Waals surface area contributed by atoms with Crippen LogP contribution in [0.5, 0.6) is 0 Å². The van der Waals surface area contributed by atoms with Crippen molar-refractivity contribution < 1.29 is 4.74 Å². The number of rotatable bonds is 9. The van der Waals surface area contributed by atoms with Gasteiger partial charge in [-0.15, -0.1) is 0 Å². The second-order valence-electron chi connectivity index (χ2n) is 5.23. The maximum atomic E-state index is 5.24. The Kier molecular flexibility index (Phi) is 6.26. The van der Waals surface area contributed by atoms with E-state index in [9.17, 15) is 0 Å². The molecule has 1 saturated carbocycles. The van der Waals surface area contributed by atoms with Crippen LogP contribution in [0.15, 0.2) is 16.7 Å². The zero-order valence-electron chi connectivity index (χ0n) is 12.4. The van der Waals surface area contributed by atoms with Crippen molar-refractivity contribution in [3.05, 3.63) is 22.3 Å². The molecule has 1 aliphatic rings. The number of anilines is 1. The summed E-state index contributed by atoms with van der Waals surface area (Å²) in [6.45, 7) is 5.74. The molecule has 1 aliphatic carbocycles. The van der Waals surface area contributed by atoms with Crippen LogP contribution in [-0.4, -0.2) is 37.8 Å². The van der Waals surface area contributed by atoms with Gasteiger partial charge in [-0.2, -0.15) is 0 Å². The molecule has 0 aliphatic heterocycles. The molecule has 0 saturated heterocycles. The van der Waals surface area contributed by atoms with E-state index in [-0.39, 0.29) is 0 Å². The van der Waals surface area contributed by atoms with E-state index in [1.807, 2.05) is 6.20 Å². The smallest absolute Gasteiger partial charge is 0.133 e. The summed E-state index contributed by atoms with van der Waals surface area (Å²) in [6, 6.07) is 2.82. The second-order valence-corrected chi connectivity index (χ2v) is 6.15. The van der Waals surface area contributed by atoms with E-state index in [1.54, 1.807) is 7.11 Å². The summed E-state index contributed by atoms with van der Waals surface area (Å²) in [7, 11) is 1.75. The number of nitrogens with zero attached hydrogens (tertiary/aromatic N) is 2. The predicted molar refractivity (Wildman–Crippen MR) is 86.2 cm³/mol. The summed E-state index contributed by atoms with van der Waals surface area (Å²) in [5.74, 6) is 1.11. The van der Waals surface area contributed by atoms with Crippen molar-refractivity contribution in [3.8, 4) is 0 Å². The normalized spacial score (nSPS) is 14.6. The first kappa shape index (κ1) is 15.7. The van der Waals surface area contributed by atoms with Crippen LogP contribution in [0.3, 0.4) is 0 Å². The van der Waals surface area contributed by atoms with E-state index < -0.39 is 0 Å². The quantitative estimate of drug-likeness (QED) is 0.700. The molecule has 1 aromatic heterocycles. The molecule has 20 heavy (non-hydrogen) atoms. The van der Waals surface area contributed by atoms with Crippen molar-refractivity contribution in [1.29, 1.82) is 0 Å². The molecule has 1 aromatic rings. The molecule has 112 valence electrons. The number of methoxy groups -OCH3 is 1. The Morgan fingerprint density at radius 3 is 2.95 bits per heavy atom. The second kappa shape index (κ2) is 7.96. The van der Waals surface area contributed by atoms with E-state index in [1.165, 1.54) is 18.4 Å². The van der Waals surface area contributed by atoms with Crippen molar-refractivity contribution in [2.24, 2.45) is 0 Å². The molecule has 1 fully saturated rings. The summed E-state index contributed by atoms with van der Waals surface area (Å²) >= 11 is 3.53. The van der Waals surface area contributed by atoms with Gasteiger partial charge in [0, 0.05) is 42.5 Å². The highest BCUT2D eigenvalue weighted by atomic mass is 79.9. The summed E-state index contributed by atoms with van der Waals surface area (Å²) in [5, 5.41) is 3.47.